The van der Waals surface area contributed by atoms with Crippen LogP contribution in [0, 0.1) is 20.8 Å². The normalized spacial score (nSPS) is 15.1. The van der Waals surface area contributed by atoms with Crippen molar-refractivity contribution in [1.82, 2.24) is 4.31 Å². The fraction of sp³-hybridized carbons (Fsp3) is 0.400. The highest BCUT2D eigenvalue weighted by Crippen LogP contribution is 2.33. The lowest BCUT2D eigenvalue weighted by molar-refractivity contribution is 0.0601. The molecule has 1 amide bonds. The summed E-state index contributed by atoms with van der Waals surface area (Å²) in [6, 6.07) is 4.54. The molecule has 2 heterocycles. The third kappa shape index (κ3) is 4.27. The monoisotopic (exact) mass is 452 g/mol. The summed E-state index contributed by atoms with van der Waals surface area (Å²) >= 11 is 1.27. The topological polar surface area (TPSA) is 102 Å². The number of methoxy groups -OCH3 is 1. The molecule has 30 heavy (non-hydrogen) atoms. The lowest BCUT2D eigenvalue weighted by Gasteiger charge is -2.26. The molecule has 1 aromatic heterocycles. The van der Waals surface area contributed by atoms with E-state index in [1.807, 2.05) is 6.92 Å². The molecule has 0 atom stereocenters. The van der Waals surface area contributed by atoms with Crippen molar-refractivity contribution in [3.05, 3.63) is 45.3 Å². The largest absolute Gasteiger partial charge is 0.465 e. The van der Waals surface area contributed by atoms with Crippen molar-refractivity contribution >= 4 is 38.2 Å². The number of esters is 1. The van der Waals surface area contributed by atoms with Crippen LogP contribution in [0.1, 0.15) is 36.7 Å². The minimum Gasteiger partial charge on any atom is -0.465 e. The number of aryl methyl sites for hydroxylation is 2. The van der Waals surface area contributed by atoms with Gasteiger partial charge in [-0.2, -0.15) is 4.31 Å². The zero-order valence-corrected chi connectivity index (χ0v) is 18.9. The number of hydrogen-bond acceptors (Lipinski definition) is 7. The van der Waals surface area contributed by atoms with Crippen LogP contribution in [-0.4, -0.2) is 58.0 Å². The Hall–Kier alpha value is -2.27. The maximum atomic E-state index is 13.1. The molecular formula is C20H24N2O6S2. The number of sulfonamides is 1. The van der Waals surface area contributed by atoms with Crippen LogP contribution in [0.2, 0.25) is 0 Å². The Morgan fingerprint density at radius 1 is 1.17 bits per heavy atom. The average Bonchev–Trinajstić information content (AvgIpc) is 3.01. The van der Waals surface area contributed by atoms with Gasteiger partial charge in [-0.05, 0) is 44.0 Å². The van der Waals surface area contributed by atoms with E-state index in [9.17, 15) is 18.0 Å². The zero-order valence-electron chi connectivity index (χ0n) is 17.3. The standard InChI is InChI=1S/C20H24N2O6S2/c1-12-5-6-15(11-16(12)30(25,26)22-7-9-28-10-8-22)18(23)21-19-17(20(24)27-4)13(2)14(3)29-19/h5-6,11H,7-10H2,1-4H3,(H,21,23). The second-order valence-corrected chi connectivity index (χ2v) is 10.1. The van der Waals surface area contributed by atoms with E-state index in [-0.39, 0.29) is 23.5 Å². The fourth-order valence-corrected chi connectivity index (χ4v) is 5.89. The number of morpholine rings is 1. The van der Waals surface area contributed by atoms with Crippen LogP contribution in [0.4, 0.5) is 5.00 Å². The molecule has 0 radical (unpaired) electrons. The van der Waals surface area contributed by atoms with Crippen molar-refractivity contribution in [2.75, 3.05) is 38.7 Å². The van der Waals surface area contributed by atoms with E-state index in [0.717, 1.165) is 10.4 Å². The lowest BCUT2D eigenvalue weighted by atomic mass is 10.1. The predicted octanol–water partition coefficient (Wildman–Crippen LogP) is 2.73. The van der Waals surface area contributed by atoms with Gasteiger partial charge >= 0.3 is 5.97 Å². The zero-order chi connectivity index (χ0) is 22.1. The number of rotatable bonds is 5. The quantitative estimate of drug-likeness (QED) is 0.700. The van der Waals surface area contributed by atoms with Gasteiger partial charge < -0.3 is 14.8 Å². The third-order valence-corrected chi connectivity index (χ3v) is 8.20. The number of benzene rings is 1. The smallest absolute Gasteiger partial charge is 0.341 e. The van der Waals surface area contributed by atoms with Crippen LogP contribution in [-0.2, 0) is 19.5 Å². The number of carbonyl (C=O) groups excluding carboxylic acids is 2. The third-order valence-electron chi connectivity index (χ3n) is 5.04. The van der Waals surface area contributed by atoms with E-state index in [0.29, 0.717) is 29.3 Å². The molecule has 0 bridgehead atoms. The summed E-state index contributed by atoms with van der Waals surface area (Å²) in [6.45, 7) is 6.55. The number of nitrogens with one attached hydrogen (secondary N) is 1. The molecule has 0 unspecified atom stereocenters. The molecule has 1 aliphatic heterocycles. The van der Waals surface area contributed by atoms with Gasteiger partial charge in [0.05, 0.1) is 30.8 Å². The number of anilines is 1. The Morgan fingerprint density at radius 3 is 2.47 bits per heavy atom. The summed E-state index contributed by atoms with van der Waals surface area (Å²) in [4.78, 5) is 26.0. The van der Waals surface area contributed by atoms with Gasteiger partial charge in [-0.1, -0.05) is 6.07 Å². The summed E-state index contributed by atoms with van der Waals surface area (Å²) < 4.78 is 37.5. The van der Waals surface area contributed by atoms with Crippen molar-refractivity contribution in [3.63, 3.8) is 0 Å². The molecule has 1 N–H and O–H groups in total. The summed E-state index contributed by atoms with van der Waals surface area (Å²) in [5, 5.41) is 3.11. The van der Waals surface area contributed by atoms with Crippen LogP contribution >= 0.6 is 11.3 Å². The van der Waals surface area contributed by atoms with E-state index in [1.54, 1.807) is 26.0 Å². The van der Waals surface area contributed by atoms with E-state index in [4.69, 9.17) is 9.47 Å². The summed E-state index contributed by atoms with van der Waals surface area (Å²) in [6.07, 6.45) is 0. The maximum Gasteiger partial charge on any atom is 0.341 e. The van der Waals surface area contributed by atoms with Gasteiger partial charge in [0.1, 0.15) is 5.00 Å². The molecular weight excluding hydrogens is 428 g/mol. The van der Waals surface area contributed by atoms with Crippen molar-refractivity contribution in [3.8, 4) is 0 Å². The van der Waals surface area contributed by atoms with Crippen LogP contribution in [0.3, 0.4) is 0 Å². The second-order valence-electron chi connectivity index (χ2n) is 6.93. The van der Waals surface area contributed by atoms with Crippen molar-refractivity contribution in [1.29, 1.82) is 0 Å². The van der Waals surface area contributed by atoms with E-state index < -0.39 is 21.9 Å². The first-order valence-electron chi connectivity index (χ1n) is 9.35. The first-order valence-corrected chi connectivity index (χ1v) is 11.6. The van der Waals surface area contributed by atoms with Gasteiger partial charge in [0.25, 0.3) is 5.91 Å². The molecule has 0 spiro atoms. The Labute approximate surface area is 179 Å². The summed E-state index contributed by atoms with van der Waals surface area (Å²) in [7, 11) is -2.47. The van der Waals surface area contributed by atoms with Crippen molar-refractivity contribution in [2.24, 2.45) is 0 Å². The molecule has 1 fully saturated rings. The molecule has 1 aliphatic rings. The first kappa shape index (κ1) is 22.4. The molecule has 162 valence electrons. The average molecular weight is 453 g/mol. The number of nitrogens with zero attached hydrogens (tertiary/aromatic N) is 1. The minimum absolute atomic E-state index is 0.0868. The van der Waals surface area contributed by atoms with Gasteiger partial charge in [0.15, 0.2) is 0 Å². The Balaban J connectivity index is 1.93. The van der Waals surface area contributed by atoms with Gasteiger partial charge in [-0.15, -0.1) is 11.3 Å². The van der Waals surface area contributed by atoms with Gasteiger partial charge in [0, 0.05) is 23.5 Å². The number of ether oxygens (including phenoxy) is 2. The molecule has 2 aromatic rings. The molecule has 8 nitrogen and oxygen atoms in total. The van der Waals surface area contributed by atoms with E-state index in [1.165, 1.54) is 28.8 Å². The molecule has 10 heteroatoms. The lowest BCUT2D eigenvalue weighted by Crippen LogP contribution is -2.40. The fourth-order valence-electron chi connectivity index (χ4n) is 3.18. The Kier molecular flexibility index (Phi) is 6.61. The number of carbonyl (C=O) groups is 2. The highest BCUT2D eigenvalue weighted by molar-refractivity contribution is 7.89. The number of hydrogen-bond donors (Lipinski definition) is 1. The van der Waals surface area contributed by atoms with E-state index in [2.05, 4.69) is 5.32 Å². The SMILES string of the molecule is COC(=O)c1c(NC(=O)c2ccc(C)c(S(=O)(=O)N3CCOCC3)c2)sc(C)c1C. The van der Waals surface area contributed by atoms with Crippen molar-refractivity contribution in [2.45, 2.75) is 25.7 Å². The van der Waals surface area contributed by atoms with Crippen LogP contribution in [0.15, 0.2) is 23.1 Å². The van der Waals surface area contributed by atoms with E-state index >= 15 is 0 Å². The molecule has 3 rings (SSSR count). The molecule has 1 aromatic carbocycles. The molecule has 0 saturated carbocycles. The van der Waals surface area contributed by atoms with Gasteiger partial charge in [-0.3, -0.25) is 4.79 Å². The summed E-state index contributed by atoms with van der Waals surface area (Å²) in [5.41, 5.74) is 1.78. The second kappa shape index (κ2) is 8.84. The van der Waals surface area contributed by atoms with Gasteiger partial charge in [-0.25, -0.2) is 13.2 Å². The number of thiophene rings is 1. The molecule has 0 aliphatic carbocycles. The minimum atomic E-state index is -3.75. The Bertz CT molecular complexity index is 1080. The van der Waals surface area contributed by atoms with Gasteiger partial charge in [0.2, 0.25) is 10.0 Å². The van der Waals surface area contributed by atoms with Crippen LogP contribution < -0.4 is 5.32 Å². The highest BCUT2D eigenvalue weighted by atomic mass is 32.2. The first-order chi connectivity index (χ1) is 14.2. The Morgan fingerprint density at radius 2 is 1.83 bits per heavy atom. The number of amides is 1. The van der Waals surface area contributed by atoms with Crippen molar-refractivity contribution < 1.29 is 27.5 Å². The molecule has 1 saturated heterocycles. The van der Waals surface area contributed by atoms with Crippen LogP contribution in [0.25, 0.3) is 0 Å². The predicted molar refractivity (Wildman–Crippen MR) is 114 cm³/mol. The summed E-state index contributed by atoms with van der Waals surface area (Å²) in [5.74, 6) is -1.04. The maximum absolute atomic E-state index is 13.1. The van der Waals surface area contributed by atoms with Crippen LogP contribution in [0.5, 0.6) is 0 Å². The highest BCUT2D eigenvalue weighted by Gasteiger charge is 2.29.